The molecule has 5 heteroatoms. The van der Waals surface area contributed by atoms with E-state index in [4.69, 9.17) is 5.11 Å². The van der Waals surface area contributed by atoms with E-state index in [1.54, 1.807) is 18.2 Å². The molecule has 0 atom stereocenters. The van der Waals surface area contributed by atoms with Crippen molar-refractivity contribution in [1.82, 2.24) is 0 Å². The van der Waals surface area contributed by atoms with Crippen molar-refractivity contribution < 1.29 is 19.5 Å². The summed E-state index contributed by atoms with van der Waals surface area (Å²) >= 11 is 0. The summed E-state index contributed by atoms with van der Waals surface area (Å²) in [5, 5.41) is 11.7. The van der Waals surface area contributed by atoms with Gasteiger partial charge in [-0.2, -0.15) is 0 Å². The third-order valence-corrected chi connectivity index (χ3v) is 2.87. The molecule has 2 rings (SSSR count). The van der Waals surface area contributed by atoms with Gasteiger partial charge >= 0.3 is 5.97 Å². The molecule has 1 aliphatic rings. The summed E-state index contributed by atoms with van der Waals surface area (Å²) in [6.07, 6.45) is 3.50. The van der Waals surface area contributed by atoms with E-state index >= 15 is 0 Å². The monoisotopic (exact) mass is 259 g/mol. The van der Waals surface area contributed by atoms with Gasteiger partial charge in [0.05, 0.1) is 5.56 Å². The number of carbonyl (C=O) groups excluding carboxylic acids is 2. The number of benzene rings is 1. The maximum atomic E-state index is 11.5. The number of anilines is 1. The van der Waals surface area contributed by atoms with E-state index in [9.17, 15) is 14.4 Å². The Kier molecular flexibility index (Phi) is 3.75. The molecule has 0 amide bonds. The van der Waals surface area contributed by atoms with Crippen LogP contribution in [-0.4, -0.2) is 22.6 Å². The van der Waals surface area contributed by atoms with E-state index in [1.165, 1.54) is 12.1 Å². The predicted octanol–water partition coefficient (Wildman–Crippen LogP) is 2.00. The highest BCUT2D eigenvalue weighted by Crippen LogP contribution is 2.22. The highest BCUT2D eigenvalue weighted by Gasteiger charge is 2.19. The number of rotatable bonds is 4. The van der Waals surface area contributed by atoms with Gasteiger partial charge in [-0.05, 0) is 25.0 Å². The maximum absolute atomic E-state index is 11.5. The molecule has 0 heterocycles. The van der Waals surface area contributed by atoms with Crippen molar-refractivity contribution in [1.29, 1.82) is 0 Å². The molecular weight excluding hydrogens is 246 g/mol. The van der Waals surface area contributed by atoms with Gasteiger partial charge in [0.2, 0.25) is 0 Å². The molecule has 0 saturated carbocycles. The lowest BCUT2D eigenvalue weighted by Crippen LogP contribution is -2.16. The molecule has 0 radical (unpaired) electrons. The van der Waals surface area contributed by atoms with E-state index in [0.717, 1.165) is 6.42 Å². The van der Waals surface area contributed by atoms with E-state index in [0.29, 0.717) is 24.2 Å². The smallest absolute Gasteiger partial charge is 0.377 e. The van der Waals surface area contributed by atoms with Crippen LogP contribution in [0.4, 0.5) is 5.69 Å². The second-order valence-corrected chi connectivity index (χ2v) is 4.29. The maximum Gasteiger partial charge on any atom is 0.377 e. The molecule has 98 valence electrons. The zero-order chi connectivity index (χ0) is 13.8. The molecule has 5 nitrogen and oxygen atoms in total. The van der Waals surface area contributed by atoms with Crippen molar-refractivity contribution >= 4 is 23.2 Å². The molecule has 0 spiro atoms. The van der Waals surface area contributed by atoms with E-state index in [1.807, 2.05) is 0 Å². The van der Waals surface area contributed by atoms with Gasteiger partial charge in [0, 0.05) is 23.9 Å². The van der Waals surface area contributed by atoms with Gasteiger partial charge in [0.25, 0.3) is 5.78 Å². The first-order chi connectivity index (χ1) is 9.08. The number of hydrogen-bond donors (Lipinski definition) is 2. The minimum absolute atomic E-state index is 0.0378. The van der Waals surface area contributed by atoms with Crippen molar-refractivity contribution in [2.24, 2.45) is 0 Å². The SMILES string of the molecule is O=C1C=C(Nc2ccccc2C(=O)C(=O)O)CCC1. The highest BCUT2D eigenvalue weighted by atomic mass is 16.4. The fourth-order valence-corrected chi connectivity index (χ4v) is 1.97. The summed E-state index contributed by atoms with van der Waals surface area (Å²) in [6, 6.07) is 6.37. The van der Waals surface area contributed by atoms with Crippen LogP contribution < -0.4 is 5.32 Å². The van der Waals surface area contributed by atoms with Gasteiger partial charge in [0.1, 0.15) is 0 Å². The molecular formula is C14H13NO4. The summed E-state index contributed by atoms with van der Waals surface area (Å²) in [7, 11) is 0. The Morgan fingerprint density at radius 2 is 1.89 bits per heavy atom. The van der Waals surface area contributed by atoms with Gasteiger partial charge in [-0.1, -0.05) is 12.1 Å². The van der Waals surface area contributed by atoms with Crippen molar-refractivity contribution in [3.05, 3.63) is 41.6 Å². The molecule has 0 aliphatic heterocycles. The first-order valence-corrected chi connectivity index (χ1v) is 5.95. The number of carbonyl (C=O) groups is 3. The van der Waals surface area contributed by atoms with Crippen molar-refractivity contribution in [3.63, 3.8) is 0 Å². The molecule has 2 N–H and O–H groups in total. The Hall–Kier alpha value is -2.43. The first-order valence-electron chi connectivity index (χ1n) is 5.95. The Balaban J connectivity index is 2.28. The molecule has 0 saturated heterocycles. The van der Waals surface area contributed by atoms with Crippen LogP contribution in [0, 0.1) is 0 Å². The zero-order valence-electron chi connectivity index (χ0n) is 10.2. The number of Topliss-reactive ketones (excluding diaryl/α,β-unsaturated/α-hetero) is 1. The molecule has 0 bridgehead atoms. The zero-order valence-corrected chi connectivity index (χ0v) is 10.2. The lowest BCUT2D eigenvalue weighted by Gasteiger charge is -2.16. The summed E-state index contributed by atoms with van der Waals surface area (Å²) in [4.78, 5) is 33.6. The lowest BCUT2D eigenvalue weighted by molar-refractivity contribution is -0.131. The molecule has 1 aromatic rings. The number of hydrogen-bond acceptors (Lipinski definition) is 4. The van der Waals surface area contributed by atoms with Crippen LogP contribution in [0.3, 0.4) is 0 Å². The van der Waals surface area contributed by atoms with Crippen LogP contribution in [0.2, 0.25) is 0 Å². The molecule has 19 heavy (non-hydrogen) atoms. The van der Waals surface area contributed by atoms with Crippen LogP contribution in [0.15, 0.2) is 36.0 Å². The normalized spacial score (nSPS) is 14.7. The molecule has 0 fully saturated rings. The summed E-state index contributed by atoms with van der Waals surface area (Å²) in [5.74, 6) is -2.43. The number of para-hydroxylation sites is 1. The minimum Gasteiger partial charge on any atom is -0.475 e. The molecule has 1 aliphatic carbocycles. The van der Waals surface area contributed by atoms with Crippen LogP contribution in [0.25, 0.3) is 0 Å². The standard InChI is InChI=1S/C14H13NO4/c16-10-5-3-4-9(8-10)15-12-7-2-1-6-11(12)13(17)14(18)19/h1-2,6-8,15H,3-5H2,(H,18,19). The van der Waals surface area contributed by atoms with Gasteiger partial charge in [-0.3, -0.25) is 9.59 Å². The average molecular weight is 259 g/mol. The van der Waals surface area contributed by atoms with Crippen molar-refractivity contribution in [3.8, 4) is 0 Å². The second-order valence-electron chi connectivity index (χ2n) is 4.29. The second kappa shape index (κ2) is 5.48. The number of carboxylic acids is 1. The largest absolute Gasteiger partial charge is 0.475 e. The summed E-state index contributed by atoms with van der Waals surface area (Å²) in [6.45, 7) is 0. The number of allylic oxidation sites excluding steroid dienone is 2. The van der Waals surface area contributed by atoms with Gasteiger partial charge in [-0.15, -0.1) is 0 Å². The fourth-order valence-electron chi connectivity index (χ4n) is 1.97. The molecule has 0 aromatic heterocycles. The summed E-state index contributed by atoms with van der Waals surface area (Å²) in [5.41, 5.74) is 1.21. The Morgan fingerprint density at radius 1 is 1.16 bits per heavy atom. The number of ketones is 2. The van der Waals surface area contributed by atoms with Gasteiger partial charge in [0.15, 0.2) is 5.78 Å². The lowest BCUT2D eigenvalue weighted by atomic mass is 10.0. The number of carboxylic acid groups (broad SMARTS) is 1. The van der Waals surface area contributed by atoms with Crippen molar-refractivity contribution in [2.45, 2.75) is 19.3 Å². The van der Waals surface area contributed by atoms with Crippen LogP contribution in [0.5, 0.6) is 0 Å². The first kappa shape index (κ1) is 13.0. The van der Waals surface area contributed by atoms with E-state index in [2.05, 4.69) is 5.32 Å². The summed E-state index contributed by atoms with van der Waals surface area (Å²) < 4.78 is 0. The predicted molar refractivity (Wildman–Crippen MR) is 69.0 cm³/mol. The number of aliphatic carboxylic acids is 1. The third kappa shape index (κ3) is 3.07. The Morgan fingerprint density at radius 3 is 2.58 bits per heavy atom. The van der Waals surface area contributed by atoms with Crippen LogP contribution >= 0.6 is 0 Å². The highest BCUT2D eigenvalue weighted by molar-refractivity contribution is 6.41. The third-order valence-electron chi connectivity index (χ3n) is 2.87. The fraction of sp³-hybridized carbons (Fsp3) is 0.214. The van der Waals surface area contributed by atoms with Gasteiger partial charge < -0.3 is 10.4 Å². The molecule has 0 unspecified atom stereocenters. The van der Waals surface area contributed by atoms with E-state index < -0.39 is 11.8 Å². The van der Waals surface area contributed by atoms with Crippen LogP contribution in [-0.2, 0) is 9.59 Å². The average Bonchev–Trinajstić information content (AvgIpc) is 2.38. The Labute approximate surface area is 109 Å². The van der Waals surface area contributed by atoms with Crippen molar-refractivity contribution in [2.75, 3.05) is 5.32 Å². The minimum atomic E-state index is -1.50. The van der Waals surface area contributed by atoms with Crippen LogP contribution in [0.1, 0.15) is 29.6 Å². The topological polar surface area (TPSA) is 83.5 Å². The number of nitrogens with one attached hydrogen (secondary N) is 1. The quantitative estimate of drug-likeness (QED) is 0.638. The van der Waals surface area contributed by atoms with Gasteiger partial charge in [-0.25, -0.2) is 4.79 Å². The Bertz CT molecular complexity index is 575. The molecule has 1 aromatic carbocycles. The van der Waals surface area contributed by atoms with E-state index in [-0.39, 0.29) is 11.3 Å².